The van der Waals surface area contributed by atoms with Crippen LogP contribution in [0.1, 0.15) is 61.8 Å². The molecule has 2 N–H and O–H groups in total. The fourth-order valence-electron chi connectivity index (χ4n) is 3.72. The molecular weight excluding hydrogens is 264 g/mol. The zero-order valence-electron chi connectivity index (χ0n) is 12.2. The molecule has 0 bridgehead atoms. The van der Waals surface area contributed by atoms with E-state index < -0.39 is 6.10 Å². The van der Waals surface area contributed by atoms with Gasteiger partial charge in [-0.1, -0.05) is 6.07 Å². The van der Waals surface area contributed by atoms with Crippen molar-refractivity contribution >= 4 is 5.52 Å². The van der Waals surface area contributed by atoms with E-state index in [4.69, 9.17) is 0 Å². The van der Waals surface area contributed by atoms with E-state index in [1.807, 2.05) is 12.5 Å². The minimum absolute atomic E-state index is 0.180. The molecule has 4 nitrogen and oxygen atoms in total. The first-order valence-corrected chi connectivity index (χ1v) is 8.05. The molecule has 4 heteroatoms. The fraction of sp³-hybridized carbons (Fsp3) is 0.588. The summed E-state index contributed by atoms with van der Waals surface area (Å²) in [6.45, 7) is 0. The smallest absolute Gasteiger partial charge is 0.0995 e. The Balaban J connectivity index is 1.73. The summed E-state index contributed by atoms with van der Waals surface area (Å²) in [5.74, 6) is 0.856. The predicted molar refractivity (Wildman–Crippen MR) is 80.1 cm³/mol. The summed E-state index contributed by atoms with van der Waals surface area (Å²) < 4.78 is 2.06. The second-order valence-corrected chi connectivity index (χ2v) is 6.65. The number of aromatic nitrogens is 2. The molecule has 1 atom stereocenters. The molecule has 2 aliphatic carbocycles. The Morgan fingerprint density at radius 3 is 2.57 bits per heavy atom. The molecule has 2 heterocycles. The van der Waals surface area contributed by atoms with Crippen LogP contribution in [0.5, 0.6) is 0 Å². The van der Waals surface area contributed by atoms with Crippen LogP contribution in [0.2, 0.25) is 0 Å². The van der Waals surface area contributed by atoms with Gasteiger partial charge in [0.05, 0.1) is 35.9 Å². The Kier molecular flexibility index (Phi) is 3.23. The number of aliphatic hydroxyl groups is 2. The van der Waals surface area contributed by atoms with Gasteiger partial charge in [-0.15, -0.1) is 0 Å². The maximum Gasteiger partial charge on any atom is 0.0995 e. The van der Waals surface area contributed by atoms with E-state index in [0.717, 1.165) is 36.9 Å². The van der Waals surface area contributed by atoms with Gasteiger partial charge in [0.15, 0.2) is 0 Å². The summed E-state index contributed by atoms with van der Waals surface area (Å²) in [5.41, 5.74) is 3.37. The number of fused-ring (bicyclic) bond motifs is 1. The van der Waals surface area contributed by atoms with Crippen LogP contribution in [0, 0.1) is 5.92 Å². The van der Waals surface area contributed by atoms with E-state index in [-0.39, 0.29) is 12.0 Å². The largest absolute Gasteiger partial charge is 0.393 e. The lowest BCUT2D eigenvalue weighted by molar-refractivity contribution is 0.0382. The summed E-state index contributed by atoms with van der Waals surface area (Å²) in [5, 5.41) is 20.6. The molecule has 21 heavy (non-hydrogen) atoms. The molecule has 0 spiro atoms. The monoisotopic (exact) mass is 286 g/mol. The topological polar surface area (TPSA) is 57.8 Å². The van der Waals surface area contributed by atoms with Crippen molar-refractivity contribution in [2.75, 3.05) is 0 Å². The molecule has 2 aliphatic rings. The highest BCUT2D eigenvalue weighted by atomic mass is 16.3. The van der Waals surface area contributed by atoms with Crippen LogP contribution < -0.4 is 0 Å². The minimum atomic E-state index is -0.453. The third kappa shape index (κ3) is 2.36. The van der Waals surface area contributed by atoms with Gasteiger partial charge in [0, 0.05) is 0 Å². The Hall–Kier alpha value is -1.39. The molecule has 0 saturated heterocycles. The Morgan fingerprint density at radius 1 is 1.10 bits per heavy atom. The van der Waals surface area contributed by atoms with Gasteiger partial charge in [-0.05, 0) is 62.0 Å². The lowest BCUT2D eigenvalue weighted by Crippen LogP contribution is -2.24. The van der Waals surface area contributed by atoms with Crippen LogP contribution in [-0.4, -0.2) is 25.7 Å². The molecule has 2 aromatic heterocycles. The van der Waals surface area contributed by atoms with E-state index in [9.17, 15) is 10.2 Å². The van der Waals surface area contributed by atoms with Crippen molar-refractivity contribution in [3.05, 3.63) is 35.9 Å². The van der Waals surface area contributed by atoms with E-state index in [0.29, 0.717) is 5.92 Å². The Morgan fingerprint density at radius 2 is 1.86 bits per heavy atom. The third-order valence-electron chi connectivity index (χ3n) is 5.14. The van der Waals surface area contributed by atoms with Gasteiger partial charge < -0.3 is 14.6 Å². The summed E-state index contributed by atoms with van der Waals surface area (Å²) in [6.07, 6.45) is 8.89. The molecular formula is C17H22N2O2. The van der Waals surface area contributed by atoms with E-state index in [2.05, 4.69) is 21.5 Å². The fourth-order valence-corrected chi connectivity index (χ4v) is 3.72. The lowest BCUT2D eigenvalue weighted by atomic mass is 9.81. The van der Waals surface area contributed by atoms with Crippen molar-refractivity contribution in [1.29, 1.82) is 0 Å². The standard InChI is InChI=1S/C17H22N2O2/c20-14-6-3-12(4-7-14)17(21)16-15(11-1-2-11)8-5-13-9-18-10-19(13)16/h5,8-12,14,17,20-21H,1-4,6-7H2/t12?,14?,17-/m1/s1. The van der Waals surface area contributed by atoms with Crippen molar-refractivity contribution in [3.63, 3.8) is 0 Å². The summed E-state index contributed by atoms with van der Waals surface area (Å²) in [4.78, 5) is 4.23. The number of imidazole rings is 1. The SMILES string of the molecule is OC1CCC([C@@H](O)c2c(C3CC3)ccc3cncn23)CC1. The molecule has 0 unspecified atom stereocenters. The summed E-state index contributed by atoms with van der Waals surface area (Å²) >= 11 is 0. The first-order valence-electron chi connectivity index (χ1n) is 8.05. The molecule has 112 valence electrons. The van der Waals surface area contributed by atoms with E-state index in [1.165, 1.54) is 18.4 Å². The normalized spacial score (nSPS) is 27.9. The van der Waals surface area contributed by atoms with Crippen molar-refractivity contribution in [2.24, 2.45) is 5.92 Å². The van der Waals surface area contributed by atoms with Crippen LogP contribution in [-0.2, 0) is 0 Å². The highest BCUT2D eigenvalue weighted by Gasteiger charge is 2.33. The molecule has 0 aliphatic heterocycles. The molecule has 0 amide bonds. The molecule has 2 aromatic rings. The number of rotatable bonds is 3. The van der Waals surface area contributed by atoms with Gasteiger partial charge in [0.25, 0.3) is 0 Å². The number of hydrogen-bond donors (Lipinski definition) is 2. The summed E-state index contributed by atoms with van der Waals surface area (Å²) in [6, 6.07) is 4.27. The first kappa shape index (κ1) is 13.3. The second kappa shape index (κ2) is 5.11. The predicted octanol–water partition coefficient (Wildman–Crippen LogP) is 2.80. The molecule has 4 rings (SSSR count). The van der Waals surface area contributed by atoms with Gasteiger partial charge >= 0.3 is 0 Å². The number of hydrogen-bond acceptors (Lipinski definition) is 3. The quantitative estimate of drug-likeness (QED) is 0.912. The van der Waals surface area contributed by atoms with Crippen LogP contribution >= 0.6 is 0 Å². The van der Waals surface area contributed by atoms with Gasteiger partial charge in [0.2, 0.25) is 0 Å². The van der Waals surface area contributed by atoms with Crippen molar-refractivity contribution in [1.82, 2.24) is 9.38 Å². The van der Waals surface area contributed by atoms with E-state index in [1.54, 1.807) is 0 Å². The van der Waals surface area contributed by atoms with Crippen LogP contribution in [0.25, 0.3) is 5.52 Å². The van der Waals surface area contributed by atoms with Crippen molar-refractivity contribution < 1.29 is 10.2 Å². The molecule has 2 saturated carbocycles. The first-order chi connectivity index (χ1) is 10.2. The maximum absolute atomic E-state index is 11.0. The zero-order chi connectivity index (χ0) is 14.4. The zero-order valence-corrected chi connectivity index (χ0v) is 12.2. The third-order valence-corrected chi connectivity index (χ3v) is 5.14. The van der Waals surface area contributed by atoms with Gasteiger partial charge in [0.1, 0.15) is 0 Å². The van der Waals surface area contributed by atoms with Crippen molar-refractivity contribution in [3.8, 4) is 0 Å². The average Bonchev–Trinajstić information content (AvgIpc) is 3.23. The highest BCUT2D eigenvalue weighted by Crippen LogP contribution is 2.45. The minimum Gasteiger partial charge on any atom is -0.393 e. The van der Waals surface area contributed by atoms with Crippen LogP contribution in [0.4, 0.5) is 0 Å². The van der Waals surface area contributed by atoms with Gasteiger partial charge in [-0.2, -0.15) is 0 Å². The van der Waals surface area contributed by atoms with Crippen LogP contribution in [0.15, 0.2) is 24.7 Å². The van der Waals surface area contributed by atoms with Gasteiger partial charge in [-0.25, -0.2) is 4.98 Å². The average molecular weight is 286 g/mol. The lowest BCUT2D eigenvalue weighted by Gasteiger charge is -2.30. The maximum atomic E-state index is 11.0. The molecule has 0 radical (unpaired) electrons. The molecule has 2 fully saturated rings. The molecule has 0 aromatic carbocycles. The number of aliphatic hydroxyl groups excluding tert-OH is 2. The number of nitrogens with zero attached hydrogens (tertiary/aromatic N) is 2. The van der Waals surface area contributed by atoms with E-state index >= 15 is 0 Å². The summed E-state index contributed by atoms with van der Waals surface area (Å²) in [7, 11) is 0. The van der Waals surface area contributed by atoms with Crippen LogP contribution in [0.3, 0.4) is 0 Å². The number of pyridine rings is 1. The second-order valence-electron chi connectivity index (χ2n) is 6.65. The van der Waals surface area contributed by atoms with Crippen molar-refractivity contribution in [2.45, 2.75) is 56.7 Å². The highest BCUT2D eigenvalue weighted by molar-refractivity contribution is 5.50. The van der Waals surface area contributed by atoms with Gasteiger partial charge in [-0.3, -0.25) is 0 Å². The Labute approximate surface area is 124 Å². The Bertz CT molecular complexity index is 639.